The zero-order valence-electron chi connectivity index (χ0n) is 41.3. The molecule has 0 amide bonds. The Morgan fingerprint density at radius 2 is 0.662 bits per heavy atom. The van der Waals surface area contributed by atoms with E-state index in [2.05, 4.69) is 258 Å². The van der Waals surface area contributed by atoms with Gasteiger partial charge in [-0.05, 0) is 127 Å². The number of nitrogens with zero attached hydrogens (tertiary/aromatic N) is 10. The molecule has 10 nitrogen and oxygen atoms in total. The van der Waals surface area contributed by atoms with E-state index < -0.39 is 0 Å². The third kappa shape index (κ3) is 6.62. The second-order valence-corrected chi connectivity index (χ2v) is 19.6. The third-order valence-electron chi connectivity index (χ3n) is 15.4. The SMILES string of the molecule is c1ccc(-n2c3ccccc3c3c4c5cc(-c6ncncn6)ccc5n(-c5ccc(Cc6ncnc(-c7ccc8c(c7)c7c9c%10ccccc%10n(-c%10ccccc%10)c9ccc7n8-c7ccccc7)n6)cc5)c4ccc32)cc1. The molecule has 0 saturated carbocycles. The van der Waals surface area contributed by atoms with E-state index in [0.717, 1.165) is 88.8 Å². The first-order valence-corrected chi connectivity index (χ1v) is 25.8. The Balaban J connectivity index is 0.807. The van der Waals surface area contributed by atoms with Crippen LogP contribution in [-0.4, -0.2) is 48.2 Å². The number of para-hydroxylation sites is 5. The topological polar surface area (TPSA) is 97.1 Å². The molecule has 0 fully saturated rings. The monoisotopic (exact) mass is 986 g/mol. The minimum Gasteiger partial charge on any atom is -0.309 e. The molecular weight excluding hydrogens is 945 g/mol. The zero-order valence-corrected chi connectivity index (χ0v) is 41.3. The van der Waals surface area contributed by atoms with Crippen molar-refractivity contribution >= 4 is 87.2 Å². The van der Waals surface area contributed by atoms with Crippen molar-refractivity contribution in [1.29, 1.82) is 0 Å². The van der Waals surface area contributed by atoms with Crippen molar-refractivity contribution in [3.63, 3.8) is 0 Å². The van der Waals surface area contributed by atoms with Crippen molar-refractivity contribution in [2.24, 2.45) is 0 Å². The summed E-state index contributed by atoms with van der Waals surface area (Å²) in [6.07, 6.45) is 5.28. The van der Waals surface area contributed by atoms with Gasteiger partial charge in [-0.3, -0.25) is 0 Å². The van der Waals surface area contributed by atoms with E-state index in [-0.39, 0.29) is 0 Å². The molecule has 0 spiro atoms. The lowest BCUT2D eigenvalue weighted by atomic mass is 10.0. The van der Waals surface area contributed by atoms with Gasteiger partial charge in [-0.2, -0.15) is 0 Å². The Hall–Kier alpha value is -10.6. The lowest BCUT2D eigenvalue weighted by Gasteiger charge is -2.10. The van der Waals surface area contributed by atoms with Crippen LogP contribution in [0.1, 0.15) is 11.4 Å². The predicted molar refractivity (Wildman–Crippen MR) is 311 cm³/mol. The van der Waals surface area contributed by atoms with Gasteiger partial charge in [-0.15, -0.1) is 0 Å². The summed E-state index contributed by atoms with van der Waals surface area (Å²) in [4.78, 5) is 27.9. The highest BCUT2D eigenvalue weighted by molar-refractivity contribution is 6.30. The van der Waals surface area contributed by atoms with E-state index in [9.17, 15) is 0 Å². The van der Waals surface area contributed by atoms with Gasteiger partial charge in [0.05, 0.1) is 44.1 Å². The number of hydrogen-bond donors (Lipinski definition) is 0. The van der Waals surface area contributed by atoms with Crippen LogP contribution in [0.15, 0.2) is 243 Å². The average molecular weight is 987 g/mol. The molecule has 0 unspecified atom stereocenters. The third-order valence-corrected chi connectivity index (χ3v) is 15.4. The van der Waals surface area contributed by atoms with Crippen LogP contribution in [-0.2, 0) is 6.42 Å². The fraction of sp³-hybridized carbons (Fsp3) is 0.0149. The maximum Gasteiger partial charge on any atom is 0.163 e. The fourth-order valence-electron chi connectivity index (χ4n) is 12.1. The number of fused-ring (bicyclic) bond motifs is 14. The molecule has 6 aromatic heterocycles. The molecule has 0 N–H and O–H groups in total. The second kappa shape index (κ2) is 17.0. The highest BCUT2D eigenvalue weighted by Crippen LogP contribution is 2.45. The molecule has 0 saturated heterocycles. The molecule has 16 aromatic rings. The van der Waals surface area contributed by atoms with Gasteiger partial charge in [0.25, 0.3) is 0 Å². The smallest absolute Gasteiger partial charge is 0.163 e. The van der Waals surface area contributed by atoms with Crippen LogP contribution < -0.4 is 0 Å². The molecule has 16 rings (SSSR count). The van der Waals surface area contributed by atoms with Crippen molar-refractivity contribution in [1.82, 2.24) is 48.2 Å². The summed E-state index contributed by atoms with van der Waals surface area (Å²) in [5.41, 5.74) is 16.4. The summed E-state index contributed by atoms with van der Waals surface area (Å²) in [5, 5.41) is 9.43. The van der Waals surface area contributed by atoms with Crippen LogP contribution in [0, 0.1) is 0 Å². The molecule has 10 aromatic carbocycles. The van der Waals surface area contributed by atoms with Crippen molar-refractivity contribution in [3.05, 3.63) is 255 Å². The van der Waals surface area contributed by atoms with Gasteiger partial charge in [0.1, 0.15) is 24.8 Å². The van der Waals surface area contributed by atoms with Gasteiger partial charge in [-0.1, -0.05) is 103 Å². The Bertz CT molecular complexity index is 4980. The zero-order chi connectivity index (χ0) is 50.6. The molecule has 6 heterocycles. The standard InChI is InChI=1S/C67H42N10/c1-4-14-45(15-5-1)74-54-23-13-11-21-50(54)63-57(74)32-34-59-65(63)52-38-44(27-31-55(52)76(59)47-18-8-3-9-19-47)67-72-41-69-61(73-67)36-42-24-28-48(29-25-42)77-56-30-26-43(66-70-39-68-40-71-66)37-51(56)64-60(77)35-33-58-62(64)49-20-10-12-22-53(49)75(58)46-16-6-2-7-17-46/h1-35,37-41H,36H2. The van der Waals surface area contributed by atoms with Crippen LogP contribution >= 0.6 is 0 Å². The summed E-state index contributed by atoms with van der Waals surface area (Å²) in [6, 6.07) is 80.4. The molecular formula is C67H42N10. The summed E-state index contributed by atoms with van der Waals surface area (Å²) in [7, 11) is 0. The number of benzene rings is 10. The Morgan fingerprint density at radius 1 is 0.286 bits per heavy atom. The number of hydrogen-bond acceptors (Lipinski definition) is 6. The van der Waals surface area contributed by atoms with Gasteiger partial charge in [0.2, 0.25) is 0 Å². The van der Waals surface area contributed by atoms with E-state index in [1.165, 1.54) is 37.8 Å². The van der Waals surface area contributed by atoms with Crippen molar-refractivity contribution in [2.45, 2.75) is 6.42 Å². The van der Waals surface area contributed by atoms with Crippen LogP contribution in [0.3, 0.4) is 0 Å². The van der Waals surface area contributed by atoms with Crippen molar-refractivity contribution in [2.75, 3.05) is 0 Å². The maximum atomic E-state index is 5.16. The van der Waals surface area contributed by atoms with E-state index in [1.807, 2.05) is 0 Å². The Kier molecular flexibility index (Phi) is 9.46. The first kappa shape index (κ1) is 42.9. The van der Waals surface area contributed by atoms with Crippen LogP contribution in [0.25, 0.3) is 133 Å². The molecule has 10 heteroatoms. The molecule has 0 aliphatic heterocycles. The molecule has 0 atom stereocenters. The molecule has 0 aliphatic rings. The van der Waals surface area contributed by atoms with E-state index in [1.54, 1.807) is 19.0 Å². The summed E-state index contributed by atoms with van der Waals surface area (Å²) in [5.74, 6) is 1.96. The molecule has 0 radical (unpaired) electrons. The van der Waals surface area contributed by atoms with Gasteiger partial charge in [0, 0.05) is 83.4 Å². The van der Waals surface area contributed by atoms with Crippen LogP contribution in [0.5, 0.6) is 0 Å². The average Bonchev–Trinajstić information content (AvgIpc) is 4.24. The minimum atomic E-state index is 0.535. The van der Waals surface area contributed by atoms with Gasteiger partial charge >= 0.3 is 0 Å². The van der Waals surface area contributed by atoms with Gasteiger partial charge < -0.3 is 18.3 Å². The Morgan fingerprint density at radius 3 is 1.14 bits per heavy atom. The van der Waals surface area contributed by atoms with Gasteiger partial charge in [-0.25, -0.2) is 29.9 Å². The highest BCUT2D eigenvalue weighted by Gasteiger charge is 2.24. The van der Waals surface area contributed by atoms with E-state index >= 15 is 0 Å². The molecule has 0 aliphatic carbocycles. The Labute approximate surface area is 440 Å². The van der Waals surface area contributed by atoms with E-state index in [4.69, 9.17) is 15.0 Å². The highest BCUT2D eigenvalue weighted by atomic mass is 15.0. The lowest BCUT2D eigenvalue weighted by Crippen LogP contribution is -2.01. The summed E-state index contributed by atoms with van der Waals surface area (Å²) >= 11 is 0. The van der Waals surface area contributed by atoms with Gasteiger partial charge in [0.15, 0.2) is 11.6 Å². The number of rotatable bonds is 8. The quantitative estimate of drug-likeness (QED) is 0.150. The summed E-state index contributed by atoms with van der Waals surface area (Å²) < 4.78 is 9.51. The molecule has 0 bridgehead atoms. The second-order valence-electron chi connectivity index (χ2n) is 19.6. The van der Waals surface area contributed by atoms with Crippen LogP contribution in [0.2, 0.25) is 0 Å². The normalized spacial score (nSPS) is 11.9. The predicted octanol–water partition coefficient (Wildman–Crippen LogP) is 15.4. The molecule has 77 heavy (non-hydrogen) atoms. The first-order valence-electron chi connectivity index (χ1n) is 25.8. The summed E-state index contributed by atoms with van der Waals surface area (Å²) in [6.45, 7) is 0. The van der Waals surface area contributed by atoms with Crippen molar-refractivity contribution < 1.29 is 0 Å². The largest absolute Gasteiger partial charge is 0.309 e. The van der Waals surface area contributed by atoms with Crippen LogP contribution in [0.4, 0.5) is 0 Å². The lowest BCUT2D eigenvalue weighted by molar-refractivity contribution is 0.925. The maximum absolute atomic E-state index is 5.16. The van der Waals surface area contributed by atoms with Crippen molar-refractivity contribution in [3.8, 4) is 45.5 Å². The van der Waals surface area contributed by atoms with E-state index in [0.29, 0.717) is 23.9 Å². The first-order chi connectivity index (χ1) is 38.2. The number of aromatic nitrogens is 10. The minimum absolute atomic E-state index is 0.535. The fourth-order valence-corrected chi connectivity index (χ4v) is 12.1. The molecule has 360 valence electrons.